The molecule has 4 heterocycles. The van der Waals surface area contributed by atoms with Gasteiger partial charge in [0.15, 0.2) is 0 Å². The van der Waals surface area contributed by atoms with Crippen LogP contribution in [0.1, 0.15) is 31.4 Å². The summed E-state index contributed by atoms with van der Waals surface area (Å²) in [5.41, 5.74) is 1.74. The highest BCUT2D eigenvalue weighted by Crippen LogP contribution is 2.40. The first-order chi connectivity index (χ1) is 12.6. The minimum absolute atomic E-state index is 0.00662. The topological polar surface area (TPSA) is 68.7 Å². The van der Waals surface area contributed by atoms with Gasteiger partial charge in [0, 0.05) is 30.0 Å². The highest BCUT2D eigenvalue weighted by Gasteiger charge is 2.44. The number of nitrogens with zero attached hydrogens (tertiary/aromatic N) is 2. The number of pyridine rings is 1. The summed E-state index contributed by atoms with van der Waals surface area (Å²) >= 11 is 0. The molecule has 26 heavy (non-hydrogen) atoms. The molecule has 0 N–H and O–H groups in total. The Kier molecular flexibility index (Phi) is 4.36. The summed E-state index contributed by atoms with van der Waals surface area (Å²) in [5.74, 6) is 0.784. The third kappa shape index (κ3) is 2.94. The number of Topliss-reactive ketones (excluding diaryl/α,β-unsaturated/α-hetero) is 1. The van der Waals surface area contributed by atoms with E-state index in [1.165, 1.54) is 6.92 Å². The highest BCUT2D eigenvalue weighted by atomic mass is 16.5. The average Bonchev–Trinajstić information content (AvgIpc) is 2.65. The van der Waals surface area contributed by atoms with Crippen molar-refractivity contribution in [2.24, 2.45) is 5.92 Å². The van der Waals surface area contributed by atoms with Crippen molar-refractivity contribution >= 4 is 22.7 Å². The molecule has 0 aliphatic carbocycles. The van der Waals surface area contributed by atoms with E-state index in [2.05, 4.69) is 9.88 Å². The van der Waals surface area contributed by atoms with Crippen LogP contribution in [0.25, 0.3) is 10.9 Å². The van der Waals surface area contributed by atoms with Gasteiger partial charge in [-0.05, 0) is 43.7 Å². The standard InChI is InChI=1S/C20H22N2O4/c1-12(23)26-20(18-9-13-6-8-22(18)11-19(13)24)15-5-7-21-17-4-3-14(25-2)10-16(15)17/h3-5,7,10,13,18,20H,6,8-9,11H2,1-2H3. The number of rotatable bonds is 4. The first-order valence-corrected chi connectivity index (χ1v) is 8.93. The molecule has 4 unspecified atom stereocenters. The molecule has 6 nitrogen and oxygen atoms in total. The fourth-order valence-corrected chi connectivity index (χ4v) is 4.23. The molecule has 3 aliphatic heterocycles. The fraction of sp³-hybridized carbons (Fsp3) is 0.450. The Bertz CT molecular complexity index is 866. The molecule has 6 heteroatoms. The van der Waals surface area contributed by atoms with Crippen LogP contribution in [0.4, 0.5) is 0 Å². The maximum Gasteiger partial charge on any atom is 0.303 e. The number of ether oxygens (including phenoxy) is 2. The van der Waals surface area contributed by atoms with Gasteiger partial charge in [-0.2, -0.15) is 0 Å². The lowest BCUT2D eigenvalue weighted by atomic mass is 9.79. The molecule has 5 rings (SSSR count). The maximum absolute atomic E-state index is 12.1. The zero-order chi connectivity index (χ0) is 18.3. The molecule has 2 aromatic rings. The SMILES string of the molecule is COc1ccc2nccc(C(OC(C)=O)C3CC4CCN3CC4=O)c2c1. The fourth-order valence-electron chi connectivity index (χ4n) is 4.23. The second-order valence-electron chi connectivity index (χ2n) is 7.04. The molecule has 136 valence electrons. The van der Waals surface area contributed by atoms with Crippen molar-refractivity contribution < 1.29 is 19.1 Å². The highest BCUT2D eigenvalue weighted by molar-refractivity contribution is 5.86. The van der Waals surface area contributed by atoms with Gasteiger partial charge in [0.05, 0.1) is 25.2 Å². The molecular formula is C20H22N2O4. The van der Waals surface area contributed by atoms with Gasteiger partial charge in [-0.25, -0.2) is 0 Å². The summed E-state index contributed by atoms with van der Waals surface area (Å²) in [7, 11) is 1.62. The summed E-state index contributed by atoms with van der Waals surface area (Å²) in [6.07, 6.45) is 2.93. The molecule has 0 spiro atoms. The van der Waals surface area contributed by atoms with Crippen LogP contribution in [0.15, 0.2) is 30.5 Å². The van der Waals surface area contributed by atoms with Crippen molar-refractivity contribution in [1.29, 1.82) is 0 Å². The third-order valence-electron chi connectivity index (χ3n) is 5.51. The largest absolute Gasteiger partial charge is 0.497 e. The number of ketones is 1. The summed E-state index contributed by atoms with van der Waals surface area (Å²) in [6, 6.07) is 7.60. The summed E-state index contributed by atoms with van der Waals surface area (Å²) in [4.78, 5) is 30.5. The molecule has 2 bridgehead atoms. The van der Waals surface area contributed by atoms with Gasteiger partial charge in [0.1, 0.15) is 17.6 Å². The zero-order valence-corrected chi connectivity index (χ0v) is 15.0. The number of hydrogen-bond acceptors (Lipinski definition) is 6. The van der Waals surface area contributed by atoms with Crippen LogP contribution in [-0.4, -0.2) is 47.9 Å². The number of fused-ring (bicyclic) bond motifs is 4. The van der Waals surface area contributed by atoms with Crippen LogP contribution in [0.2, 0.25) is 0 Å². The van der Waals surface area contributed by atoms with Crippen LogP contribution < -0.4 is 4.74 Å². The quantitative estimate of drug-likeness (QED) is 0.786. The van der Waals surface area contributed by atoms with Gasteiger partial charge >= 0.3 is 5.97 Å². The minimum Gasteiger partial charge on any atom is -0.497 e. The molecule has 0 radical (unpaired) electrons. The van der Waals surface area contributed by atoms with Crippen LogP contribution in [0.3, 0.4) is 0 Å². The summed E-state index contributed by atoms with van der Waals surface area (Å²) in [6.45, 7) is 2.74. The van der Waals surface area contributed by atoms with Crippen LogP contribution >= 0.6 is 0 Å². The first kappa shape index (κ1) is 17.0. The van der Waals surface area contributed by atoms with Gasteiger partial charge in [-0.1, -0.05) is 0 Å². The Morgan fingerprint density at radius 1 is 1.35 bits per heavy atom. The number of methoxy groups -OCH3 is 1. The first-order valence-electron chi connectivity index (χ1n) is 8.93. The molecular weight excluding hydrogens is 332 g/mol. The van der Waals surface area contributed by atoms with Crippen molar-refractivity contribution in [1.82, 2.24) is 9.88 Å². The number of benzene rings is 1. The molecule has 0 saturated carbocycles. The van der Waals surface area contributed by atoms with E-state index in [0.29, 0.717) is 12.3 Å². The Morgan fingerprint density at radius 2 is 2.19 bits per heavy atom. The van der Waals surface area contributed by atoms with Crippen LogP contribution in [0, 0.1) is 5.92 Å². The predicted molar refractivity (Wildman–Crippen MR) is 95.9 cm³/mol. The van der Waals surface area contributed by atoms with Gasteiger partial charge < -0.3 is 9.47 Å². The summed E-state index contributed by atoms with van der Waals surface area (Å²) < 4.78 is 11.1. The number of aromatic nitrogens is 1. The van der Waals surface area contributed by atoms with E-state index in [-0.39, 0.29) is 17.9 Å². The zero-order valence-electron chi connectivity index (χ0n) is 15.0. The van der Waals surface area contributed by atoms with Crippen molar-refractivity contribution in [2.45, 2.75) is 31.9 Å². The van der Waals surface area contributed by atoms with Gasteiger partial charge in [-0.15, -0.1) is 0 Å². The lowest BCUT2D eigenvalue weighted by molar-refractivity contribution is -0.155. The van der Waals surface area contributed by atoms with Gasteiger partial charge in [0.25, 0.3) is 0 Å². The van der Waals surface area contributed by atoms with E-state index < -0.39 is 6.10 Å². The molecule has 1 aromatic heterocycles. The Hall–Kier alpha value is -2.47. The third-order valence-corrected chi connectivity index (χ3v) is 5.51. The van der Waals surface area contributed by atoms with Crippen LogP contribution in [-0.2, 0) is 14.3 Å². The van der Waals surface area contributed by atoms with E-state index in [9.17, 15) is 9.59 Å². The number of piperidine rings is 3. The molecule has 4 atom stereocenters. The van der Waals surface area contributed by atoms with Crippen molar-refractivity contribution in [2.75, 3.05) is 20.2 Å². The van der Waals surface area contributed by atoms with Crippen LogP contribution in [0.5, 0.6) is 5.75 Å². The number of carbonyl (C=O) groups is 2. The Balaban J connectivity index is 1.79. The molecule has 1 aromatic carbocycles. The number of hydrogen-bond donors (Lipinski definition) is 0. The lowest BCUT2D eigenvalue weighted by Gasteiger charge is -2.47. The monoisotopic (exact) mass is 354 g/mol. The van der Waals surface area contributed by atoms with Crippen molar-refractivity contribution in [3.8, 4) is 5.75 Å². The second kappa shape index (κ2) is 6.68. The summed E-state index contributed by atoms with van der Waals surface area (Å²) in [5, 5.41) is 0.909. The molecule has 0 amide bonds. The van der Waals surface area contributed by atoms with Gasteiger partial charge in [0.2, 0.25) is 0 Å². The number of esters is 1. The predicted octanol–water partition coefficient (Wildman–Crippen LogP) is 2.51. The normalized spacial score (nSPS) is 25.9. The second-order valence-corrected chi connectivity index (χ2v) is 7.04. The van der Waals surface area contributed by atoms with E-state index in [0.717, 1.165) is 41.6 Å². The number of carbonyl (C=O) groups excluding carboxylic acids is 2. The van der Waals surface area contributed by atoms with Crippen molar-refractivity contribution in [3.63, 3.8) is 0 Å². The molecule has 3 saturated heterocycles. The minimum atomic E-state index is -0.430. The maximum atomic E-state index is 12.1. The van der Waals surface area contributed by atoms with E-state index in [1.807, 2.05) is 24.3 Å². The van der Waals surface area contributed by atoms with E-state index in [4.69, 9.17) is 9.47 Å². The average molecular weight is 354 g/mol. The van der Waals surface area contributed by atoms with E-state index >= 15 is 0 Å². The van der Waals surface area contributed by atoms with Gasteiger partial charge in [-0.3, -0.25) is 19.5 Å². The van der Waals surface area contributed by atoms with E-state index in [1.54, 1.807) is 13.3 Å². The van der Waals surface area contributed by atoms with Crippen molar-refractivity contribution in [3.05, 3.63) is 36.0 Å². The lowest BCUT2D eigenvalue weighted by Crippen LogP contribution is -2.56. The molecule has 3 aliphatic rings. The Labute approximate surface area is 152 Å². The Morgan fingerprint density at radius 3 is 2.85 bits per heavy atom. The smallest absolute Gasteiger partial charge is 0.303 e. The molecule has 3 fully saturated rings.